The molecule has 1 N–H and O–H groups in total. The van der Waals surface area contributed by atoms with Crippen molar-refractivity contribution in [2.24, 2.45) is 0 Å². The van der Waals surface area contributed by atoms with Crippen LogP contribution in [0.15, 0.2) is 23.6 Å². The maximum absolute atomic E-state index is 13.5. The Morgan fingerprint density at radius 2 is 1.94 bits per heavy atom. The van der Waals surface area contributed by atoms with Crippen molar-refractivity contribution in [3.63, 3.8) is 0 Å². The van der Waals surface area contributed by atoms with Crippen LogP contribution in [0.5, 0.6) is 0 Å². The Kier molecular flexibility index (Phi) is 7.80. The highest BCUT2D eigenvalue weighted by atomic mass is 32.1. The van der Waals surface area contributed by atoms with Crippen molar-refractivity contribution in [3.05, 3.63) is 29.4 Å². The lowest BCUT2D eigenvalue weighted by molar-refractivity contribution is -0.135. The van der Waals surface area contributed by atoms with Gasteiger partial charge in [-0.3, -0.25) is 9.69 Å². The molecule has 0 unspecified atom stereocenters. The zero-order valence-electron chi connectivity index (χ0n) is 18.3. The molecular formula is C24H34FN3O2S. The summed E-state index contributed by atoms with van der Waals surface area (Å²) in [5, 5.41) is 12.7. The van der Waals surface area contributed by atoms with Crippen LogP contribution in [0.1, 0.15) is 44.9 Å². The molecule has 1 aliphatic heterocycles. The maximum atomic E-state index is 13.5. The molecule has 1 aromatic carbocycles. The van der Waals surface area contributed by atoms with Crippen LogP contribution >= 0.6 is 11.3 Å². The van der Waals surface area contributed by atoms with Crippen LogP contribution in [-0.2, 0) is 4.79 Å². The van der Waals surface area contributed by atoms with E-state index in [4.69, 9.17) is 0 Å². The van der Waals surface area contributed by atoms with E-state index in [9.17, 15) is 14.3 Å². The molecule has 170 valence electrons. The molecule has 0 atom stereocenters. The SMILES string of the molecule is O=C(CCCN1CCN(c2csc3cc(F)ccc23)CC1)N(CCO)C1CCCCC1. The largest absolute Gasteiger partial charge is 0.395 e. The second-order valence-corrected chi connectivity index (χ2v) is 9.71. The fraction of sp³-hybridized carbons (Fsp3) is 0.625. The second-order valence-electron chi connectivity index (χ2n) is 8.80. The average molecular weight is 448 g/mol. The fourth-order valence-electron chi connectivity index (χ4n) is 5.05. The van der Waals surface area contributed by atoms with Gasteiger partial charge in [0.05, 0.1) is 12.3 Å². The lowest BCUT2D eigenvalue weighted by Crippen LogP contribution is -2.47. The predicted octanol–water partition coefficient (Wildman–Crippen LogP) is 4.10. The molecule has 7 heteroatoms. The number of carbonyl (C=O) groups excluding carboxylic acids is 1. The van der Waals surface area contributed by atoms with E-state index < -0.39 is 0 Å². The van der Waals surface area contributed by atoms with Crippen LogP contribution in [-0.4, -0.2) is 72.7 Å². The molecule has 4 rings (SSSR count). The van der Waals surface area contributed by atoms with Crippen molar-refractivity contribution in [2.75, 3.05) is 50.8 Å². The smallest absolute Gasteiger partial charge is 0.222 e. The van der Waals surface area contributed by atoms with E-state index in [0.29, 0.717) is 19.0 Å². The Balaban J connectivity index is 1.23. The number of nitrogens with zero attached hydrogens (tertiary/aromatic N) is 3. The summed E-state index contributed by atoms with van der Waals surface area (Å²) in [4.78, 5) is 19.6. The van der Waals surface area contributed by atoms with E-state index in [2.05, 4.69) is 15.2 Å². The quantitative estimate of drug-likeness (QED) is 0.662. The van der Waals surface area contributed by atoms with Crippen molar-refractivity contribution in [1.82, 2.24) is 9.80 Å². The van der Waals surface area contributed by atoms with Gasteiger partial charge in [0.25, 0.3) is 0 Å². The highest BCUT2D eigenvalue weighted by Crippen LogP contribution is 2.34. The molecule has 2 aromatic rings. The zero-order valence-corrected chi connectivity index (χ0v) is 19.1. The van der Waals surface area contributed by atoms with Gasteiger partial charge in [-0.2, -0.15) is 0 Å². The first-order chi connectivity index (χ1) is 15.2. The van der Waals surface area contributed by atoms with E-state index in [-0.39, 0.29) is 18.3 Å². The summed E-state index contributed by atoms with van der Waals surface area (Å²) < 4.78 is 14.5. The maximum Gasteiger partial charge on any atom is 0.222 e. The first kappa shape index (κ1) is 22.5. The minimum absolute atomic E-state index is 0.0497. The predicted molar refractivity (Wildman–Crippen MR) is 125 cm³/mol. The minimum Gasteiger partial charge on any atom is -0.395 e. The number of aliphatic hydroxyl groups is 1. The number of anilines is 1. The second kappa shape index (κ2) is 10.7. The van der Waals surface area contributed by atoms with Crippen LogP contribution in [0.4, 0.5) is 10.1 Å². The van der Waals surface area contributed by atoms with Crippen molar-refractivity contribution in [3.8, 4) is 0 Å². The normalized spacial score (nSPS) is 18.6. The molecule has 1 saturated heterocycles. The zero-order chi connectivity index (χ0) is 21.6. The van der Waals surface area contributed by atoms with Gasteiger partial charge in [-0.1, -0.05) is 19.3 Å². The minimum atomic E-state index is -0.179. The van der Waals surface area contributed by atoms with Gasteiger partial charge in [0.2, 0.25) is 5.91 Å². The number of thiophene rings is 1. The third-order valence-electron chi connectivity index (χ3n) is 6.77. The molecule has 1 saturated carbocycles. The van der Waals surface area contributed by atoms with E-state index in [1.54, 1.807) is 23.5 Å². The summed E-state index contributed by atoms with van der Waals surface area (Å²) in [6.45, 7) is 5.33. The summed E-state index contributed by atoms with van der Waals surface area (Å²) in [7, 11) is 0. The van der Waals surface area contributed by atoms with Crippen molar-refractivity contribution in [1.29, 1.82) is 0 Å². The fourth-order valence-corrected chi connectivity index (χ4v) is 6.05. The molecule has 2 heterocycles. The number of piperazine rings is 1. The van der Waals surface area contributed by atoms with E-state index in [1.807, 2.05) is 11.0 Å². The van der Waals surface area contributed by atoms with E-state index in [1.165, 1.54) is 24.9 Å². The number of aliphatic hydroxyl groups excluding tert-OH is 1. The molecule has 1 amide bonds. The van der Waals surface area contributed by atoms with Gasteiger partial charge >= 0.3 is 0 Å². The lowest BCUT2D eigenvalue weighted by Gasteiger charge is -2.36. The summed E-state index contributed by atoms with van der Waals surface area (Å²) in [5.41, 5.74) is 1.21. The molecule has 2 fully saturated rings. The Morgan fingerprint density at radius 1 is 1.16 bits per heavy atom. The summed E-state index contributed by atoms with van der Waals surface area (Å²) in [6.07, 6.45) is 7.25. The number of rotatable bonds is 8. The third-order valence-corrected chi connectivity index (χ3v) is 7.70. The van der Waals surface area contributed by atoms with E-state index >= 15 is 0 Å². The highest BCUT2D eigenvalue weighted by Gasteiger charge is 2.25. The van der Waals surface area contributed by atoms with Crippen molar-refractivity contribution >= 4 is 33.0 Å². The average Bonchev–Trinajstić information content (AvgIpc) is 3.21. The number of amides is 1. The van der Waals surface area contributed by atoms with Gasteiger partial charge in [0.15, 0.2) is 0 Å². The Bertz CT molecular complexity index is 860. The van der Waals surface area contributed by atoms with Crippen LogP contribution in [0.2, 0.25) is 0 Å². The van der Waals surface area contributed by atoms with Crippen LogP contribution in [0.25, 0.3) is 10.1 Å². The van der Waals surface area contributed by atoms with Crippen LogP contribution in [0.3, 0.4) is 0 Å². The molecule has 5 nitrogen and oxygen atoms in total. The molecule has 2 aliphatic rings. The Hall–Kier alpha value is -1.70. The summed E-state index contributed by atoms with van der Waals surface area (Å²) in [6, 6.07) is 5.37. The van der Waals surface area contributed by atoms with Gasteiger partial charge in [-0.25, -0.2) is 4.39 Å². The number of hydrogen-bond acceptors (Lipinski definition) is 5. The van der Waals surface area contributed by atoms with Crippen LogP contribution in [0, 0.1) is 5.82 Å². The van der Waals surface area contributed by atoms with Crippen LogP contribution < -0.4 is 4.90 Å². The standard InChI is InChI=1S/C24H34FN3O2S/c25-19-8-9-21-22(18-31-23(21)17-19)27-13-11-26(12-14-27)10-4-7-24(30)28(15-16-29)20-5-2-1-3-6-20/h8-9,17-18,20,29H,1-7,10-16H2. The van der Waals surface area contributed by atoms with Gasteiger partial charge in [-0.05, 0) is 44.0 Å². The number of hydrogen-bond donors (Lipinski definition) is 1. The molecule has 31 heavy (non-hydrogen) atoms. The first-order valence-electron chi connectivity index (χ1n) is 11.7. The first-order valence-corrected chi connectivity index (χ1v) is 12.6. The molecule has 0 radical (unpaired) electrons. The number of benzene rings is 1. The molecule has 0 bridgehead atoms. The molecular weight excluding hydrogens is 413 g/mol. The summed E-state index contributed by atoms with van der Waals surface area (Å²) >= 11 is 1.60. The Morgan fingerprint density at radius 3 is 2.68 bits per heavy atom. The molecule has 1 aromatic heterocycles. The number of fused-ring (bicyclic) bond motifs is 1. The number of carbonyl (C=O) groups is 1. The summed E-state index contributed by atoms with van der Waals surface area (Å²) in [5.74, 6) is 0.0258. The van der Waals surface area contributed by atoms with Gasteiger partial charge < -0.3 is 14.9 Å². The lowest BCUT2D eigenvalue weighted by atomic mass is 9.94. The highest BCUT2D eigenvalue weighted by molar-refractivity contribution is 7.17. The molecule has 0 spiro atoms. The van der Waals surface area contributed by atoms with Crippen molar-refractivity contribution in [2.45, 2.75) is 51.0 Å². The van der Waals surface area contributed by atoms with Gasteiger partial charge in [0, 0.05) is 60.7 Å². The Labute approximate surface area is 188 Å². The monoisotopic (exact) mass is 447 g/mol. The third kappa shape index (κ3) is 5.57. The molecule has 1 aliphatic carbocycles. The van der Waals surface area contributed by atoms with Gasteiger partial charge in [-0.15, -0.1) is 11.3 Å². The number of halogens is 1. The van der Waals surface area contributed by atoms with E-state index in [0.717, 1.165) is 62.1 Å². The van der Waals surface area contributed by atoms with Crippen molar-refractivity contribution < 1.29 is 14.3 Å². The van der Waals surface area contributed by atoms with Gasteiger partial charge in [0.1, 0.15) is 5.82 Å². The topological polar surface area (TPSA) is 47.0 Å².